The van der Waals surface area contributed by atoms with Crippen molar-refractivity contribution in [3.05, 3.63) is 87.7 Å². The second-order valence-electron chi connectivity index (χ2n) is 7.04. The summed E-state index contributed by atoms with van der Waals surface area (Å²) in [5.74, 6) is -2.57. The normalized spacial score (nSPS) is 15.2. The number of aromatic nitrogens is 1. The van der Waals surface area contributed by atoms with E-state index >= 15 is 0 Å². The number of carbonyl (C=O) groups excluding carboxylic acids is 3. The molecule has 9 heteroatoms. The van der Waals surface area contributed by atoms with Crippen molar-refractivity contribution in [3.8, 4) is 5.69 Å². The Morgan fingerprint density at radius 3 is 2.44 bits per heavy atom. The van der Waals surface area contributed by atoms with E-state index in [0.29, 0.717) is 22.6 Å². The largest absolute Gasteiger partial charge is 0.478 e. The van der Waals surface area contributed by atoms with Gasteiger partial charge in [0, 0.05) is 22.1 Å². The zero-order chi connectivity index (χ0) is 23.0. The van der Waals surface area contributed by atoms with Crippen molar-refractivity contribution < 1.29 is 24.3 Å². The number of carboxylic acids is 1. The van der Waals surface area contributed by atoms with Gasteiger partial charge in [-0.1, -0.05) is 15.9 Å². The summed E-state index contributed by atoms with van der Waals surface area (Å²) in [5, 5.41) is 11.3. The van der Waals surface area contributed by atoms with E-state index in [1.54, 1.807) is 60.2 Å². The molecular formula is C23H16BrN3O5. The standard InChI is InChI=1S/C23H16BrN3O5/c1-13-11-15(24)6-9-19(13)27-21(29)18(20(28)25-23(27)32)12-17-3-2-10-26(17)16-7-4-14(5-8-16)22(30)31/h2-12H,1H3,(H,30,31)(H,25,28,32)/b18-12+. The Kier molecular flexibility index (Phi) is 5.50. The van der Waals surface area contributed by atoms with Crippen molar-refractivity contribution >= 4 is 51.5 Å². The molecule has 3 aromatic rings. The number of carboxylic acid groups (broad SMARTS) is 1. The van der Waals surface area contributed by atoms with Gasteiger partial charge >= 0.3 is 12.0 Å². The van der Waals surface area contributed by atoms with E-state index in [9.17, 15) is 19.2 Å². The molecule has 8 nitrogen and oxygen atoms in total. The monoisotopic (exact) mass is 493 g/mol. The molecule has 0 radical (unpaired) electrons. The van der Waals surface area contributed by atoms with Gasteiger partial charge in [0.25, 0.3) is 11.8 Å². The number of aromatic carboxylic acids is 1. The number of nitrogens with zero attached hydrogens (tertiary/aromatic N) is 2. The smallest absolute Gasteiger partial charge is 0.335 e. The maximum atomic E-state index is 13.2. The number of carbonyl (C=O) groups is 4. The molecular weight excluding hydrogens is 478 g/mol. The number of nitrogens with one attached hydrogen (secondary N) is 1. The number of imide groups is 2. The van der Waals surface area contributed by atoms with Gasteiger partial charge in [-0.3, -0.25) is 14.9 Å². The molecule has 0 atom stereocenters. The van der Waals surface area contributed by atoms with Crippen molar-refractivity contribution in [3.63, 3.8) is 0 Å². The summed E-state index contributed by atoms with van der Waals surface area (Å²) in [4.78, 5) is 50.1. The fourth-order valence-corrected chi connectivity index (χ4v) is 3.88. The van der Waals surface area contributed by atoms with Crippen LogP contribution in [0.15, 0.2) is 70.8 Å². The van der Waals surface area contributed by atoms with Gasteiger partial charge in [0.15, 0.2) is 0 Å². The van der Waals surface area contributed by atoms with Gasteiger partial charge in [0.05, 0.1) is 11.3 Å². The summed E-state index contributed by atoms with van der Waals surface area (Å²) in [7, 11) is 0. The Labute approximate surface area is 190 Å². The second kappa shape index (κ2) is 8.27. The van der Waals surface area contributed by atoms with E-state index in [4.69, 9.17) is 5.11 Å². The van der Waals surface area contributed by atoms with Crippen molar-refractivity contribution in [1.82, 2.24) is 9.88 Å². The highest BCUT2D eigenvalue weighted by Gasteiger charge is 2.37. The van der Waals surface area contributed by atoms with Crippen LogP contribution in [0.3, 0.4) is 0 Å². The topological polar surface area (TPSA) is 109 Å². The molecule has 1 aromatic heterocycles. The van der Waals surface area contributed by atoms with Crippen LogP contribution in [0, 0.1) is 6.92 Å². The van der Waals surface area contributed by atoms with Crippen LogP contribution in [0.4, 0.5) is 10.5 Å². The average molecular weight is 494 g/mol. The number of hydrogen-bond donors (Lipinski definition) is 2. The molecule has 4 rings (SSSR count). The predicted octanol–water partition coefficient (Wildman–Crippen LogP) is 3.91. The first kappa shape index (κ1) is 21.3. The molecule has 0 saturated carbocycles. The minimum atomic E-state index is -1.04. The highest BCUT2D eigenvalue weighted by Crippen LogP contribution is 2.28. The zero-order valence-corrected chi connectivity index (χ0v) is 18.3. The molecule has 2 N–H and O–H groups in total. The Morgan fingerprint density at radius 1 is 1.06 bits per heavy atom. The van der Waals surface area contributed by atoms with E-state index in [2.05, 4.69) is 21.2 Å². The third-order valence-corrected chi connectivity index (χ3v) is 5.46. The van der Waals surface area contributed by atoms with E-state index < -0.39 is 23.8 Å². The van der Waals surface area contributed by atoms with Crippen LogP contribution in [0.5, 0.6) is 0 Å². The molecule has 2 aromatic carbocycles. The lowest BCUT2D eigenvalue weighted by Gasteiger charge is -2.27. The number of hydrogen-bond acceptors (Lipinski definition) is 4. The predicted molar refractivity (Wildman–Crippen MR) is 121 cm³/mol. The maximum Gasteiger partial charge on any atom is 0.335 e. The van der Waals surface area contributed by atoms with Crippen molar-refractivity contribution in [1.29, 1.82) is 0 Å². The molecule has 0 aliphatic carbocycles. The van der Waals surface area contributed by atoms with E-state index in [0.717, 1.165) is 9.37 Å². The number of urea groups is 1. The minimum Gasteiger partial charge on any atom is -0.478 e. The number of amides is 4. The third kappa shape index (κ3) is 3.85. The number of barbiturate groups is 1. The molecule has 1 aliphatic rings. The molecule has 160 valence electrons. The molecule has 0 unspecified atom stereocenters. The fraction of sp³-hybridized carbons (Fsp3) is 0.0435. The Morgan fingerprint density at radius 2 is 1.78 bits per heavy atom. The third-order valence-electron chi connectivity index (χ3n) is 4.97. The van der Waals surface area contributed by atoms with Crippen LogP contribution in [0.1, 0.15) is 21.6 Å². The summed E-state index contributed by atoms with van der Waals surface area (Å²) >= 11 is 3.35. The van der Waals surface area contributed by atoms with Gasteiger partial charge in [-0.15, -0.1) is 0 Å². The molecule has 4 amide bonds. The van der Waals surface area contributed by atoms with Crippen molar-refractivity contribution in [2.24, 2.45) is 0 Å². The molecule has 0 spiro atoms. The quantitative estimate of drug-likeness (QED) is 0.423. The van der Waals surface area contributed by atoms with Crippen LogP contribution >= 0.6 is 15.9 Å². The number of anilines is 1. The fourth-order valence-electron chi connectivity index (χ4n) is 3.41. The lowest BCUT2D eigenvalue weighted by molar-refractivity contribution is -0.122. The van der Waals surface area contributed by atoms with E-state index in [1.165, 1.54) is 18.2 Å². The Bertz CT molecular complexity index is 1310. The number of benzene rings is 2. The first-order valence-electron chi connectivity index (χ1n) is 9.45. The van der Waals surface area contributed by atoms with Gasteiger partial charge < -0.3 is 9.67 Å². The highest BCUT2D eigenvalue weighted by molar-refractivity contribution is 9.10. The highest BCUT2D eigenvalue weighted by atomic mass is 79.9. The first-order chi connectivity index (χ1) is 15.3. The Hall–Kier alpha value is -3.98. The summed E-state index contributed by atoms with van der Waals surface area (Å²) in [6, 6.07) is 13.9. The number of halogens is 1. The van der Waals surface area contributed by atoms with Crippen LogP contribution in [0.25, 0.3) is 11.8 Å². The number of aryl methyl sites for hydroxylation is 1. The lowest BCUT2D eigenvalue weighted by Crippen LogP contribution is -2.54. The van der Waals surface area contributed by atoms with E-state index in [1.807, 2.05) is 0 Å². The summed E-state index contributed by atoms with van der Waals surface area (Å²) in [6.45, 7) is 1.76. The first-order valence-corrected chi connectivity index (χ1v) is 10.2. The SMILES string of the molecule is Cc1cc(Br)ccc1N1C(=O)NC(=O)/C(=C\c2cccn2-c2ccc(C(=O)O)cc2)C1=O. The van der Waals surface area contributed by atoms with Crippen LogP contribution in [-0.4, -0.2) is 33.5 Å². The van der Waals surface area contributed by atoms with Gasteiger partial charge in [-0.2, -0.15) is 0 Å². The molecule has 32 heavy (non-hydrogen) atoms. The van der Waals surface area contributed by atoms with Gasteiger partial charge in [0.2, 0.25) is 0 Å². The molecule has 1 saturated heterocycles. The molecule has 0 bridgehead atoms. The van der Waals surface area contributed by atoms with Crippen LogP contribution < -0.4 is 10.2 Å². The maximum absolute atomic E-state index is 13.2. The van der Waals surface area contributed by atoms with Crippen molar-refractivity contribution in [2.45, 2.75) is 6.92 Å². The van der Waals surface area contributed by atoms with Crippen molar-refractivity contribution in [2.75, 3.05) is 4.90 Å². The molecule has 2 heterocycles. The van der Waals surface area contributed by atoms with E-state index in [-0.39, 0.29) is 11.1 Å². The van der Waals surface area contributed by atoms with Gasteiger partial charge in [0.1, 0.15) is 5.57 Å². The van der Waals surface area contributed by atoms with Gasteiger partial charge in [-0.05, 0) is 73.2 Å². The molecule has 1 fully saturated rings. The van der Waals surface area contributed by atoms with Gasteiger partial charge in [-0.25, -0.2) is 14.5 Å². The zero-order valence-electron chi connectivity index (χ0n) is 16.7. The minimum absolute atomic E-state index is 0.140. The summed E-state index contributed by atoms with van der Waals surface area (Å²) < 4.78 is 2.49. The molecule has 1 aliphatic heterocycles. The van der Waals surface area contributed by atoms with Crippen LogP contribution in [-0.2, 0) is 9.59 Å². The number of rotatable bonds is 4. The Balaban J connectivity index is 1.73. The lowest BCUT2D eigenvalue weighted by atomic mass is 10.1. The average Bonchev–Trinajstić information content (AvgIpc) is 3.21. The summed E-state index contributed by atoms with van der Waals surface area (Å²) in [5.41, 5.74) is 2.14. The summed E-state index contributed by atoms with van der Waals surface area (Å²) in [6.07, 6.45) is 3.12. The van der Waals surface area contributed by atoms with Crippen LogP contribution in [0.2, 0.25) is 0 Å². The second-order valence-corrected chi connectivity index (χ2v) is 7.96.